The molecule has 2 aromatic heterocycles. The van der Waals surface area contributed by atoms with Gasteiger partial charge in [0, 0.05) is 17.4 Å². The molecule has 0 saturated carbocycles. The molecule has 0 aliphatic carbocycles. The zero-order chi connectivity index (χ0) is 20.9. The molecule has 0 atom stereocenters. The Morgan fingerprint density at radius 3 is 2.47 bits per heavy atom. The molecule has 0 spiro atoms. The topological polar surface area (TPSA) is 117 Å². The molecule has 8 nitrogen and oxygen atoms in total. The Hall–Kier alpha value is -3.50. The van der Waals surface area contributed by atoms with Gasteiger partial charge in [0.1, 0.15) is 0 Å². The molecule has 4 rings (SSSR count). The van der Waals surface area contributed by atoms with E-state index in [0.29, 0.717) is 5.56 Å². The number of thioether (sulfide) groups is 1. The minimum absolute atomic E-state index is 0.0166. The summed E-state index contributed by atoms with van der Waals surface area (Å²) in [5, 5.41) is 5.75. The normalized spacial score (nSPS) is 10.7. The molecule has 0 aliphatic rings. The number of aromatic nitrogens is 3. The average Bonchev–Trinajstić information content (AvgIpc) is 3.20. The fourth-order valence-corrected chi connectivity index (χ4v) is 4.56. The molecule has 30 heavy (non-hydrogen) atoms. The average molecular weight is 438 g/mol. The van der Waals surface area contributed by atoms with Crippen molar-refractivity contribution < 1.29 is 9.59 Å². The highest BCUT2D eigenvalue weighted by atomic mass is 32.2. The first-order valence-electron chi connectivity index (χ1n) is 8.82. The van der Waals surface area contributed by atoms with E-state index in [9.17, 15) is 14.4 Å². The third-order valence-corrected chi connectivity index (χ3v) is 6.30. The maximum absolute atomic E-state index is 12.2. The van der Waals surface area contributed by atoms with Crippen LogP contribution in [0.15, 0.2) is 69.8 Å². The van der Waals surface area contributed by atoms with Crippen LogP contribution in [0, 0.1) is 0 Å². The van der Waals surface area contributed by atoms with Gasteiger partial charge in [0.2, 0.25) is 0 Å². The summed E-state index contributed by atoms with van der Waals surface area (Å²) in [5.41, 5.74) is 6.59. The number of para-hydroxylation sites is 1. The SMILES string of the molecule is O=C(NNC(=O)c1ccc(=O)[nH]n1)c1ccc(CSc2nc3ccccc3s2)cc1. The van der Waals surface area contributed by atoms with Crippen LogP contribution < -0.4 is 16.4 Å². The van der Waals surface area contributed by atoms with Gasteiger partial charge in [-0.3, -0.25) is 25.2 Å². The van der Waals surface area contributed by atoms with Crippen LogP contribution in [0.25, 0.3) is 10.2 Å². The molecular formula is C20H15N5O3S2. The first kappa shape index (κ1) is 19.8. The van der Waals surface area contributed by atoms with Crippen LogP contribution in [0.5, 0.6) is 0 Å². The van der Waals surface area contributed by atoms with Crippen molar-refractivity contribution in [2.24, 2.45) is 0 Å². The number of hydrogen-bond acceptors (Lipinski definition) is 7. The van der Waals surface area contributed by atoms with Gasteiger partial charge in [0.15, 0.2) is 10.0 Å². The Morgan fingerprint density at radius 1 is 0.967 bits per heavy atom. The number of amides is 2. The van der Waals surface area contributed by atoms with E-state index in [1.165, 1.54) is 12.1 Å². The summed E-state index contributed by atoms with van der Waals surface area (Å²) in [4.78, 5) is 39.7. The quantitative estimate of drug-likeness (QED) is 0.327. The minimum atomic E-state index is -0.636. The van der Waals surface area contributed by atoms with E-state index in [0.717, 1.165) is 25.9 Å². The molecular weight excluding hydrogens is 422 g/mol. The molecule has 3 N–H and O–H groups in total. The van der Waals surface area contributed by atoms with Crippen molar-refractivity contribution in [1.29, 1.82) is 0 Å². The van der Waals surface area contributed by atoms with E-state index in [1.807, 2.05) is 30.3 Å². The van der Waals surface area contributed by atoms with Gasteiger partial charge in [-0.05, 0) is 35.9 Å². The van der Waals surface area contributed by atoms with Gasteiger partial charge in [-0.2, -0.15) is 5.10 Å². The van der Waals surface area contributed by atoms with E-state index >= 15 is 0 Å². The Labute approximate surface area is 178 Å². The molecule has 2 heterocycles. The van der Waals surface area contributed by atoms with E-state index in [2.05, 4.69) is 32.1 Å². The third-order valence-electron chi connectivity index (χ3n) is 4.05. The molecule has 0 fully saturated rings. The summed E-state index contributed by atoms with van der Waals surface area (Å²) in [6.45, 7) is 0. The lowest BCUT2D eigenvalue weighted by atomic mass is 10.1. The zero-order valence-electron chi connectivity index (χ0n) is 15.4. The molecule has 0 saturated heterocycles. The summed E-state index contributed by atoms with van der Waals surface area (Å²) >= 11 is 3.30. The molecule has 0 unspecified atom stereocenters. The highest BCUT2D eigenvalue weighted by Gasteiger charge is 2.11. The van der Waals surface area contributed by atoms with Crippen molar-refractivity contribution in [2.45, 2.75) is 10.1 Å². The Bertz CT molecular complexity index is 1210. The highest BCUT2D eigenvalue weighted by Crippen LogP contribution is 2.31. The fourth-order valence-electron chi connectivity index (χ4n) is 2.53. The van der Waals surface area contributed by atoms with Crippen molar-refractivity contribution in [2.75, 3.05) is 0 Å². The second-order valence-electron chi connectivity index (χ2n) is 6.15. The van der Waals surface area contributed by atoms with Crippen LogP contribution in [0.1, 0.15) is 26.4 Å². The van der Waals surface area contributed by atoms with Crippen molar-refractivity contribution in [1.82, 2.24) is 26.0 Å². The van der Waals surface area contributed by atoms with Crippen LogP contribution in [-0.2, 0) is 5.75 Å². The Morgan fingerprint density at radius 2 is 1.73 bits per heavy atom. The molecule has 0 bridgehead atoms. The van der Waals surface area contributed by atoms with Crippen LogP contribution in [0.2, 0.25) is 0 Å². The van der Waals surface area contributed by atoms with Gasteiger partial charge < -0.3 is 0 Å². The van der Waals surface area contributed by atoms with Gasteiger partial charge in [-0.1, -0.05) is 36.0 Å². The largest absolute Gasteiger partial charge is 0.290 e. The third kappa shape index (κ3) is 4.73. The van der Waals surface area contributed by atoms with Crippen LogP contribution >= 0.6 is 23.1 Å². The van der Waals surface area contributed by atoms with Crippen molar-refractivity contribution in [3.05, 3.63) is 87.8 Å². The summed E-state index contributed by atoms with van der Waals surface area (Å²) in [6.07, 6.45) is 0. The lowest BCUT2D eigenvalue weighted by molar-refractivity contribution is 0.0843. The number of aromatic amines is 1. The highest BCUT2D eigenvalue weighted by molar-refractivity contribution is 8.00. The molecule has 2 aromatic carbocycles. The van der Waals surface area contributed by atoms with Gasteiger partial charge in [-0.25, -0.2) is 10.1 Å². The number of benzene rings is 2. The second kappa shape index (κ2) is 8.89. The number of H-pyrrole nitrogens is 1. The fraction of sp³-hybridized carbons (Fsp3) is 0.0500. The minimum Gasteiger partial charge on any atom is -0.268 e. The zero-order valence-corrected chi connectivity index (χ0v) is 17.0. The van der Waals surface area contributed by atoms with Gasteiger partial charge in [-0.15, -0.1) is 11.3 Å². The molecule has 0 aliphatic heterocycles. The lowest BCUT2D eigenvalue weighted by Gasteiger charge is -2.07. The number of nitrogens with one attached hydrogen (secondary N) is 3. The smallest absolute Gasteiger partial charge is 0.268 e. The molecule has 4 aromatic rings. The van der Waals surface area contributed by atoms with Gasteiger partial charge in [0.25, 0.3) is 17.4 Å². The molecule has 2 amide bonds. The number of hydrogen-bond donors (Lipinski definition) is 3. The van der Waals surface area contributed by atoms with Crippen LogP contribution in [0.4, 0.5) is 0 Å². The molecule has 0 radical (unpaired) electrons. The van der Waals surface area contributed by atoms with Gasteiger partial charge >= 0.3 is 0 Å². The molecule has 10 heteroatoms. The number of nitrogens with zero attached hydrogens (tertiary/aromatic N) is 2. The first-order valence-corrected chi connectivity index (χ1v) is 10.6. The molecule has 150 valence electrons. The van der Waals surface area contributed by atoms with E-state index < -0.39 is 17.4 Å². The van der Waals surface area contributed by atoms with E-state index in [-0.39, 0.29) is 5.69 Å². The van der Waals surface area contributed by atoms with Gasteiger partial charge in [0.05, 0.1) is 10.2 Å². The summed E-state index contributed by atoms with van der Waals surface area (Å²) in [5.74, 6) is -0.363. The van der Waals surface area contributed by atoms with Crippen LogP contribution in [0.3, 0.4) is 0 Å². The number of fused-ring (bicyclic) bond motifs is 1. The Kier molecular flexibility index (Phi) is 5.87. The number of carbonyl (C=O) groups is 2. The van der Waals surface area contributed by atoms with Crippen molar-refractivity contribution >= 4 is 45.1 Å². The second-order valence-corrected chi connectivity index (χ2v) is 8.40. The van der Waals surface area contributed by atoms with Crippen molar-refractivity contribution in [3.63, 3.8) is 0 Å². The standard InChI is InChI=1S/C20H15N5O3S2/c26-17-10-9-15(22-23-17)19(28)25-24-18(27)13-7-5-12(6-8-13)11-29-20-21-14-3-1-2-4-16(14)30-20/h1-10H,11H2,(H,23,26)(H,24,27)(H,25,28). The predicted octanol–water partition coefficient (Wildman–Crippen LogP) is 2.75. The number of thiazole rings is 1. The first-order chi connectivity index (χ1) is 14.6. The van der Waals surface area contributed by atoms with E-state index in [4.69, 9.17) is 0 Å². The Balaban J connectivity index is 1.31. The monoisotopic (exact) mass is 437 g/mol. The maximum atomic E-state index is 12.2. The lowest BCUT2D eigenvalue weighted by Crippen LogP contribution is -2.42. The summed E-state index contributed by atoms with van der Waals surface area (Å²) < 4.78 is 2.16. The van der Waals surface area contributed by atoms with E-state index in [1.54, 1.807) is 35.2 Å². The summed E-state index contributed by atoms with van der Waals surface area (Å²) in [6, 6.07) is 17.6. The predicted molar refractivity (Wildman–Crippen MR) is 115 cm³/mol. The number of carbonyl (C=O) groups excluding carboxylic acids is 2. The summed E-state index contributed by atoms with van der Waals surface area (Å²) in [7, 11) is 0. The van der Waals surface area contributed by atoms with Crippen molar-refractivity contribution in [3.8, 4) is 0 Å². The van der Waals surface area contributed by atoms with Crippen LogP contribution in [-0.4, -0.2) is 27.0 Å². The maximum Gasteiger partial charge on any atom is 0.290 e. The number of rotatable bonds is 5. The number of hydrazine groups is 1.